The number of hydrogen-bond donors (Lipinski definition) is 1. The van der Waals surface area contributed by atoms with Gasteiger partial charge in [0.05, 0.1) is 0 Å². The lowest BCUT2D eigenvalue weighted by molar-refractivity contribution is 1.13. The molecule has 0 amide bonds. The van der Waals surface area contributed by atoms with Gasteiger partial charge in [-0.15, -0.1) is 0 Å². The van der Waals surface area contributed by atoms with Gasteiger partial charge in [0.25, 0.3) is 0 Å². The van der Waals surface area contributed by atoms with Crippen LogP contribution in [-0.4, -0.2) is 0 Å². The third-order valence-corrected chi connectivity index (χ3v) is 5.38. The van der Waals surface area contributed by atoms with Crippen LogP contribution < -0.4 is 5.32 Å². The van der Waals surface area contributed by atoms with Crippen molar-refractivity contribution in [2.75, 3.05) is 5.32 Å². The molecule has 0 atom stereocenters. The van der Waals surface area contributed by atoms with Crippen molar-refractivity contribution in [1.82, 2.24) is 0 Å². The fourth-order valence-electron chi connectivity index (χ4n) is 4.07. The highest BCUT2D eigenvalue weighted by atomic mass is 14.9. The van der Waals surface area contributed by atoms with E-state index in [-0.39, 0.29) is 0 Å². The molecule has 0 aromatic heterocycles. The van der Waals surface area contributed by atoms with Crippen LogP contribution in [0.1, 0.15) is 33.4 Å². The maximum absolute atomic E-state index is 3.91. The van der Waals surface area contributed by atoms with E-state index in [9.17, 15) is 0 Å². The molecule has 0 spiro atoms. The quantitative estimate of drug-likeness (QED) is 0.651. The van der Waals surface area contributed by atoms with Crippen LogP contribution in [0, 0.1) is 0 Å². The summed E-state index contributed by atoms with van der Waals surface area (Å²) >= 11 is 0. The fraction of sp³-hybridized carbons (Fsp3) is 0.130. The summed E-state index contributed by atoms with van der Waals surface area (Å²) in [4.78, 5) is 0. The second kappa shape index (κ2) is 4.85. The van der Waals surface area contributed by atoms with E-state index in [0.717, 1.165) is 19.3 Å². The average molecular weight is 309 g/mol. The molecular weight excluding hydrogens is 290 g/mol. The number of nitrogens with one attached hydrogen (secondary N) is 1. The van der Waals surface area contributed by atoms with Crippen LogP contribution in [0.3, 0.4) is 0 Å². The Morgan fingerprint density at radius 1 is 0.667 bits per heavy atom. The molecule has 2 aromatic rings. The molecule has 2 aliphatic carbocycles. The minimum Gasteiger partial charge on any atom is -0.355 e. The lowest BCUT2D eigenvalue weighted by atomic mass is 9.92. The van der Waals surface area contributed by atoms with Gasteiger partial charge in [-0.3, -0.25) is 0 Å². The van der Waals surface area contributed by atoms with E-state index in [0.29, 0.717) is 0 Å². The van der Waals surface area contributed by atoms with Crippen molar-refractivity contribution < 1.29 is 0 Å². The van der Waals surface area contributed by atoms with Crippen LogP contribution >= 0.6 is 0 Å². The van der Waals surface area contributed by atoms with Gasteiger partial charge in [0.15, 0.2) is 0 Å². The zero-order valence-corrected chi connectivity index (χ0v) is 13.7. The third kappa shape index (κ3) is 1.94. The minimum absolute atomic E-state index is 0.993. The summed E-state index contributed by atoms with van der Waals surface area (Å²) in [6.45, 7) is 7.82. The first-order valence-corrected chi connectivity index (χ1v) is 8.48. The van der Waals surface area contributed by atoms with Gasteiger partial charge in [0.1, 0.15) is 0 Å². The maximum atomic E-state index is 3.91. The Kier molecular flexibility index (Phi) is 2.75. The van der Waals surface area contributed by atoms with Gasteiger partial charge in [-0.25, -0.2) is 0 Å². The summed E-state index contributed by atoms with van der Waals surface area (Å²) in [5.41, 5.74) is 13.4. The molecule has 0 bridgehead atoms. The monoisotopic (exact) mass is 309 g/mol. The molecule has 0 fully saturated rings. The summed E-state index contributed by atoms with van der Waals surface area (Å²) in [5, 5.41) is 3.67. The van der Waals surface area contributed by atoms with Crippen LogP contribution in [0.5, 0.6) is 0 Å². The standard InChI is InChI=1S/C23H19N/c1-3-14-5-16-9-20-11-21-10-17-6-15(4-2)8-19(17)13-23(21)24-22(20)12-18(16)7-14/h3-6,9-10,12-13,24H,1-2,7-8,11H2. The number of fused-ring (bicyclic) bond motifs is 4. The number of allylic oxidation sites excluding steroid dienone is 4. The average Bonchev–Trinajstić information content (AvgIpc) is 3.17. The van der Waals surface area contributed by atoms with Crippen LogP contribution in [0.2, 0.25) is 0 Å². The first kappa shape index (κ1) is 13.6. The molecule has 1 N–H and O–H groups in total. The molecule has 5 rings (SSSR count). The largest absolute Gasteiger partial charge is 0.355 e. The Bertz CT molecular complexity index is 906. The molecule has 0 radical (unpaired) electrons. The summed E-state index contributed by atoms with van der Waals surface area (Å²) in [6, 6.07) is 9.33. The maximum Gasteiger partial charge on any atom is 0.0423 e. The van der Waals surface area contributed by atoms with Crippen molar-refractivity contribution in [3.8, 4) is 0 Å². The first-order chi connectivity index (χ1) is 11.7. The lowest BCUT2D eigenvalue weighted by Gasteiger charge is -2.23. The Morgan fingerprint density at radius 3 is 1.62 bits per heavy atom. The van der Waals surface area contributed by atoms with Crippen molar-refractivity contribution in [1.29, 1.82) is 0 Å². The molecule has 0 saturated heterocycles. The fourth-order valence-corrected chi connectivity index (χ4v) is 4.07. The van der Waals surface area contributed by atoms with Crippen molar-refractivity contribution in [2.24, 2.45) is 0 Å². The number of benzene rings is 2. The smallest absolute Gasteiger partial charge is 0.0423 e. The van der Waals surface area contributed by atoms with Gasteiger partial charge >= 0.3 is 0 Å². The number of rotatable bonds is 2. The number of anilines is 2. The summed E-state index contributed by atoms with van der Waals surface area (Å²) < 4.78 is 0. The van der Waals surface area contributed by atoms with Crippen LogP contribution in [0.4, 0.5) is 11.4 Å². The van der Waals surface area contributed by atoms with E-state index in [1.54, 1.807) is 0 Å². The Labute approximate surface area is 142 Å². The van der Waals surface area contributed by atoms with E-state index in [1.807, 2.05) is 12.2 Å². The minimum atomic E-state index is 0.993. The summed E-state index contributed by atoms with van der Waals surface area (Å²) in [6.07, 6.45) is 11.5. The van der Waals surface area contributed by atoms with Crippen LogP contribution in [-0.2, 0) is 19.3 Å². The van der Waals surface area contributed by atoms with Crippen molar-refractivity contribution in [3.05, 3.63) is 94.1 Å². The summed E-state index contributed by atoms with van der Waals surface area (Å²) in [5.74, 6) is 0. The number of hydrogen-bond acceptors (Lipinski definition) is 1. The highest BCUT2D eigenvalue weighted by Crippen LogP contribution is 2.40. The first-order valence-electron chi connectivity index (χ1n) is 8.48. The van der Waals surface area contributed by atoms with Gasteiger partial charge in [0.2, 0.25) is 0 Å². The molecular formula is C23H19N. The molecule has 0 unspecified atom stereocenters. The Morgan fingerprint density at radius 2 is 1.17 bits per heavy atom. The van der Waals surface area contributed by atoms with Crippen molar-refractivity contribution in [3.63, 3.8) is 0 Å². The molecule has 24 heavy (non-hydrogen) atoms. The molecule has 1 aliphatic heterocycles. The van der Waals surface area contributed by atoms with Gasteiger partial charge in [0, 0.05) is 17.8 Å². The topological polar surface area (TPSA) is 12.0 Å². The van der Waals surface area contributed by atoms with Crippen LogP contribution in [0.15, 0.2) is 60.7 Å². The lowest BCUT2D eigenvalue weighted by Crippen LogP contribution is -2.08. The van der Waals surface area contributed by atoms with Gasteiger partial charge in [-0.05, 0) is 81.6 Å². The second-order valence-electron chi connectivity index (χ2n) is 6.92. The predicted molar refractivity (Wildman–Crippen MR) is 103 cm³/mol. The molecule has 1 heteroatoms. The normalized spacial score (nSPS) is 16.2. The Hall–Kier alpha value is -2.80. The highest BCUT2D eigenvalue weighted by Gasteiger charge is 2.22. The van der Waals surface area contributed by atoms with E-state index in [1.165, 1.54) is 55.9 Å². The van der Waals surface area contributed by atoms with Gasteiger partial charge < -0.3 is 5.32 Å². The third-order valence-electron chi connectivity index (χ3n) is 5.38. The Balaban J connectivity index is 1.56. The zero-order chi connectivity index (χ0) is 16.3. The van der Waals surface area contributed by atoms with E-state index >= 15 is 0 Å². The van der Waals surface area contributed by atoms with E-state index in [4.69, 9.17) is 0 Å². The molecule has 3 aliphatic rings. The van der Waals surface area contributed by atoms with Crippen LogP contribution in [0.25, 0.3) is 12.2 Å². The molecule has 116 valence electrons. The second-order valence-corrected chi connectivity index (χ2v) is 6.92. The van der Waals surface area contributed by atoms with Gasteiger partial charge in [-0.2, -0.15) is 0 Å². The molecule has 1 heterocycles. The van der Waals surface area contributed by atoms with Crippen molar-refractivity contribution >= 4 is 23.5 Å². The summed E-state index contributed by atoms with van der Waals surface area (Å²) in [7, 11) is 0. The molecule has 1 nitrogen and oxygen atoms in total. The zero-order valence-electron chi connectivity index (χ0n) is 13.7. The van der Waals surface area contributed by atoms with E-state index < -0.39 is 0 Å². The van der Waals surface area contributed by atoms with Gasteiger partial charge in [-0.1, -0.05) is 37.5 Å². The van der Waals surface area contributed by atoms with E-state index in [2.05, 4.69) is 54.9 Å². The molecule has 0 saturated carbocycles. The predicted octanol–water partition coefficient (Wildman–Crippen LogP) is 5.59. The SMILES string of the molecule is C=CC1=Cc2cc3c(cc2C1)Nc1cc2c(cc1C3)C=C(C=C)C2. The molecule has 2 aromatic carbocycles. The van der Waals surface area contributed by atoms with Crippen molar-refractivity contribution in [2.45, 2.75) is 19.3 Å². The highest BCUT2D eigenvalue weighted by molar-refractivity contribution is 5.80.